The molecule has 0 unspecified atom stereocenters. The second-order valence-electron chi connectivity index (χ2n) is 8.27. The molecule has 0 radical (unpaired) electrons. The van der Waals surface area contributed by atoms with Gasteiger partial charge in [-0.25, -0.2) is 13.2 Å². The van der Waals surface area contributed by atoms with Crippen LogP contribution in [0.2, 0.25) is 0 Å². The van der Waals surface area contributed by atoms with Crippen LogP contribution in [0, 0.1) is 5.92 Å². The van der Waals surface area contributed by atoms with Crippen LogP contribution in [0.15, 0.2) is 47.4 Å². The number of esters is 1. The van der Waals surface area contributed by atoms with Gasteiger partial charge in [0, 0.05) is 19.2 Å². The van der Waals surface area contributed by atoms with Gasteiger partial charge in [0.25, 0.3) is 0 Å². The lowest BCUT2D eigenvalue weighted by Crippen LogP contribution is -2.52. The lowest BCUT2D eigenvalue weighted by atomic mass is 9.97. The fourth-order valence-corrected chi connectivity index (χ4v) is 6.10. The van der Waals surface area contributed by atoms with Crippen molar-refractivity contribution in [2.45, 2.75) is 23.8 Å². The number of methoxy groups -OCH3 is 3. The second kappa shape index (κ2) is 10.1. The van der Waals surface area contributed by atoms with Gasteiger partial charge in [-0.1, -0.05) is 12.1 Å². The average molecular weight is 505 g/mol. The highest BCUT2D eigenvalue weighted by Gasteiger charge is 2.40. The third kappa shape index (κ3) is 4.78. The number of para-hydroxylation sites is 2. The van der Waals surface area contributed by atoms with Crippen molar-refractivity contribution in [1.29, 1.82) is 0 Å². The molecule has 2 aromatic carbocycles. The number of benzene rings is 2. The number of carbonyl (C=O) groups is 2. The molecule has 188 valence electrons. The minimum absolute atomic E-state index is 0.00391. The molecular formula is C24H28N2O8S. The first-order valence-electron chi connectivity index (χ1n) is 11.2. The summed E-state index contributed by atoms with van der Waals surface area (Å²) in [5, 5.41) is 0. The summed E-state index contributed by atoms with van der Waals surface area (Å²) in [7, 11) is 0.148. The van der Waals surface area contributed by atoms with Gasteiger partial charge in [-0.15, -0.1) is 0 Å². The van der Waals surface area contributed by atoms with Gasteiger partial charge in [-0.05, 0) is 37.1 Å². The number of sulfonamides is 1. The lowest BCUT2D eigenvalue weighted by Gasteiger charge is -2.38. The third-order valence-electron chi connectivity index (χ3n) is 6.23. The molecular weight excluding hydrogens is 476 g/mol. The molecule has 0 aromatic heterocycles. The summed E-state index contributed by atoms with van der Waals surface area (Å²) in [6.07, 6.45) is 0.0555. The number of hydrogen-bond acceptors (Lipinski definition) is 8. The van der Waals surface area contributed by atoms with E-state index >= 15 is 0 Å². The molecule has 10 nitrogen and oxygen atoms in total. The van der Waals surface area contributed by atoms with Gasteiger partial charge in [-0.3, -0.25) is 4.79 Å². The Hall–Kier alpha value is -3.31. The Morgan fingerprint density at radius 3 is 2.51 bits per heavy atom. The highest BCUT2D eigenvalue weighted by Crippen LogP contribution is 2.37. The molecule has 2 heterocycles. The summed E-state index contributed by atoms with van der Waals surface area (Å²) >= 11 is 0. The maximum absolute atomic E-state index is 13.7. The molecule has 4 rings (SSSR count). The molecule has 0 spiro atoms. The number of nitrogens with zero attached hydrogens (tertiary/aromatic N) is 2. The Kier molecular flexibility index (Phi) is 7.18. The van der Waals surface area contributed by atoms with Crippen LogP contribution in [0.5, 0.6) is 17.2 Å². The highest BCUT2D eigenvalue weighted by atomic mass is 32.2. The van der Waals surface area contributed by atoms with E-state index < -0.39 is 28.0 Å². The predicted molar refractivity (Wildman–Crippen MR) is 126 cm³/mol. The standard InChI is InChI=1S/C24H28N2O8S/c1-31-17-10-11-20(32-2)22(13-17)35(29,30)25-12-6-7-16(14-25)23(27)26-15-21(24(28)33-3)34-19-9-5-4-8-18(19)26/h4-5,8-11,13,16,21H,6-7,12,14-15H2,1-3H3/t16-,21-/m0/s1. The molecule has 1 fully saturated rings. The van der Waals surface area contributed by atoms with Gasteiger partial charge < -0.3 is 23.8 Å². The quantitative estimate of drug-likeness (QED) is 0.550. The summed E-state index contributed by atoms with van der Waals surface area (Å²) in [5.74, 6) is -0.485. The number of rotatable bonds is 6. The van der Waals surface area contributed by atoms with Crippen molar-refractivity contribution in [3.05, 3.63) is 42.5 Å². The van der Waals surface area contributed by atoms with Crippen molar-refractivity contribution in [3.8, 4) is 17.2 Å². The Labute approximate surface area is 204 Å². The fourth-order valence-electron chi connectivity index (χ4n) is 4.40. The van der Waals surface area contributed by atoms with E-state index in [9.17, 15) is 18.0 Å². The van der Waals surface area contributed by atoms with E-state index in [-0.39, 0.29) is 36.2 Å². The molecule has 0 saturated carbocycles. The molecule has 0 N–H and O–H groups in total. The normalized spacial score (nSPS) is 20.4. The monoisotopic (exact) mass is 504 g/mol. The number of carbonyl (C=O) groups excluding carboxylic acids is 2. The summed E-state index contributed by atoms with van der Waals surface area (Å²) < 4.78 is 49.4. The van der Waals surface area contributed by atoms with Crippen molar-refractivity contribution in [1.82, 2.24) is 4.31 Å². The van der Waals surface area contributed by atoms with E-state index in [2.05, 4.69) is 0 Å². The van der Waals surface area contributed by atoms with Crippen molar-refractivity contribution >= 4 is 27.6 Å². The van der Waals surface area contributed by atoms with Crippen LogP contribution < -0.4 is 19.1 Å². The van der Waals surface area contributed by atoms with Crippen LogP contribution in [-0.4, -0.2) is 71.7 Å². The highest BCUT2D eigenvalue weighted by molar-refractivity contribution is 7.89. The molecule has 2 atom stereocenters. The van der Waals surface area contributed by atoms with Crippen LogP contribution in [0.1, 0.15) is 12.8 Å². The van der Waals surface area contributed by atoms with E-state index in [0.717, 1.165) is 0 Å². The first kappa shape index (κ1) is 24.8. The number of hydrogen-bond donors (Lipinski definition) is 0. The number of fused-ring (bicyclic) bond motifs is 1. The van der Waals surface area contributed by atoms with Crippen LogP contribution in [0.3, 0.4) is 0 Å². The zero-order chi connectivity index (χ0) is 25.2. The van der Waals surface area contributed by atoms with E-state index in [1.807, 2.05) is 0 Å². The zero-order valence-corrected chi connectivity index (χ0v) is 20.6. The van der Waals surface area contributed by atoms with Crippen molar-refractivity contribution < 1.29 is 37.0 Å². The molecule has 1 saturated heterocycles. The first-order chi connectivity index (χ1) is 16.8. The third-order valence-corrected chi connectivity index (χ3v) is 8.11. The van der Waals surface area contributed by atoms with Gasteiger partial charge in [0.05, 0.1) is 39.5 Å². The molecule has 2 aliphatic heterocycles. The SMILES string of the molecule is COC(=O)[C@@H]1CN(C(=O)[C@H]2CCCN(S(=O)(=O)c3cc(OC)ccc3OC)C2)c2ccccc2O1. The van der Waals surface area contributed by atoms with Gasteiger partial charge in [-0.2, -0.15) is 4.31 Å². The smallest absolute Gasteiger partial charge is 0.348 e. The largest absolute Gasteiger partial charge is 0.497 e. The predicted octanol–water partition coefficient (Wildman–Crippen LogP) is 2.07. The molecule has 2 aromatic rings. The molecule has 0 aliphatic carbocycles. The van der Waals surface area contributed by atoms with E-state index in [1.54, 1.807) is 30.3 Å². The maximum Gasteiger partial charge on any atom is 0.348 e. The number of ether oxygens (including phenoxy) is 4. The van der Waals surface area contributed by atoms with E-state index in [1.165, 1.54) is 42.7 Å². The van der Waals surface area contributed by atoms with Crippen molar-refractivity contribution in [2.24, 2.45) is 5.92 Å². The van der Waals surface area contributed by atoms with Crippen LogP contribution in [0.4, 0.5) is 5.69 Å². The lowest BCUT2D eigenvalue weighted by molar-refractivity contribution is -0.148. The Morgan fingerprint density at radius 2 is 1.80 bits per heavy atom. The first-order valence-corrected chi connectivity index (χ1v) is 12.6. The summed E-state index contributed by atoms with van der Waals surface area (Å²) in [6.45, 7) is 0.260. The summed E-state index contributed by atoms with van der Waals surface area (Å²) in [5.41, 5.74) is 0.534. The minimum Gasteiger partial charge on any atom is -0.497 e. The van der Waals surface area contributed by atoms with Crippen molar-refractivity contribution in [2.75, 3.05) is 45.9 Å². The fraction of sp³-hybridized carbons (Fsp3) is 0.417. The van der Waals surface area contributed by atoms with E-state index in [4.69, 9.17) is 18.9 Å². The van der Waals surface area contributed by atoms with Crippen molar-refractivity contribution in [3.63, 3.8) is 0 Å². The summed E-state index contributed by atoms with van der Waals surface area (Å²) in [4.78, 5) is 27.3. The van der Waals surface area contributed by atoms with Gasteiger partial charge in [0.15, 0.2) is 0 Å². The number of amides is 1. The van der Waals surface area contributed by atoms with Gasteiger partial charge >= 0.3 is 5.97 Å². The Morgan fingerprint density at radius 1 is 1.03 bits per heavy atom. The molecule has 1 amide bonds. The molecule has 0 bridgehead atoms. The molecule has 11 heteroatoms. The van der Waals surface area contributed by atoms with Crippen LogP contribution >= 0.6 is 0 Å². The second-order valence-corrected chi connectivity index (χ2v) is 10.2. The van der Waals surface area contributed by atoms with Crippen LogP contribution in [-0.2, 0) is 24.3 Å². The Bertz CT molecular complexity index is 1220. The molecule has 2 aliphatic rings. The number of anilines is 1. The molecule has 35 heavy (non-hydrogen) atoms. The average Bonchev–Trinajstić information content (AvgIpc) is 2.91. The van der Waals surface area contributed by atoms with Crippen LogP contribution in [0.25, 0.3) is 0 Å². The zero-order valence-electron chi connectivity index (χ0n) is 19.8. The Balaban J connectivity index is 1.61. The minimum atomic E-state index is -3.96. The van der Waals surface area contributed by atoms with Gasteiger partial charge in [0.1, 0.15) is 22.1 Å². The topological polar surface area (TPSA) is 112 Å². The van der Waals surface area contributed by atoms with Gasteiger partial charge in [0.2, 0.25) is 22.0 Å². The number of piperidine rings is 1. The van der Waals surface area contributed by atoms with E-state index in [0.29, 0.717) is 30.0 Å². The summed E-state index contributed by atoms with van der Waals surface area (Å²) in [6, 6.07) is 11.5. The maximum atomic E-state index is 13.7.